The molecule has 1 aromatic carbocycles. The van der Waals surface area contributed by atoms with Crippen LogP contribution in [0.25, 0.3) is 0 Å². The van der Waals surface area contributed by atoms with Gasteiger partial charge in [0.15, 0.2) is 0 Å². The first-order chi connectivity index (χ1) is 8.70. The number of aryl methyl sites for hydroxylation is 2. The summed E-state index contributed by atoms with van der Waals surface area (Å²) in [6, 6.07) is 12.0. The fraction of sp³-hybridized carbons (Fsp3) is 0.267. The number of benzene rings is 1. The molecular weight excluding hydrogens is 224 g/mol. The molecule has 1 aromatic heterocycles. The Kier molecular flexibility index (Phi) is 3.82. The molecule has 0 aliphatic heterocycles. The summed E-state index contributed by atoms with van der Waals surface area (Å²) >= 11 is 0. The van der Waals surface area contributed by atoms with Crippen molar-refractivity contribution in [1.82, 2.24) is 4.98 Å². The summed E-state index contributed by atoms with van der Waals surface area (Å²) in [5.41, 5.74) is 3.23. The Bertz CT molecular complexity index is 518. The number of para-hydroxylation sites is 1. The Morgan fingerprint density at radius 3 is 2.39 bits per heavy atom. The predicted molar refractivity (Wildman–Crippen MR) is 74.0 cm³/mol. The van der Waals surface area contributed by atoms with E-state index in [2.05, 4.69) is 36.3 Å². The van der Waals surface area contributed by atoms with Gasteiger partial charge in [-0.25, -0.2) is 4.98 Å². The summed E-state index contributed by atoms with van der Waals surface area (Å²) in [5.74, 6) is 1.81. The number of hydrogen-bond donors (Lipinski definition) is 1. The van der Waals surface area contributed by atoms with E-state index in [1.54, 1.807) is 0 Å². The van der Waals surface area contributed by atoms with E-state index in [1.807, 2.05) is 31.3 Å². The van der Waals surface area contributed by atoms with Gasteiger partial charge in [0.2, 0.25) is 0 Å². The highest BCUT2D eigenvalue weighted by molar-refractivity contribution is 5.40. The lowest BCUT2D eigenvalue weighted by molar-refractivity contribution is 0.297. The first-order valence-electron chi connectivity index (χ1n) is 6.03. The molecule has 0 saturated heterocycles. The second kappa shape index (κ2) is 5.54. The van der Waals surface area contributed by atoms with Gasteiger partial charge in [-0.1, -0.05) is 24.3 Å². The average molecular weight is 242 g/mol. The minimum Gasteiger partial charge on any atom is -0.487 e. The SMILES string of the molecule is CNc1cccc(COc2c(C)cccc2C)n1. The molecule has 1 heterocycles. The average Bonchev–Trinajstić information content (AvgIpc) is 2.38. The van der Waals surface area contributed by atoms with Crippen LogP contribution in [0.5, 0.6) is 5.75 Å². The van der Waals surface area contributed by atoms with Gasteiger partial charge >= 0.3 is 0 Å². The van der Waals surface area contributed by atoms with Crippen LogP contribution < -0.4 is 10.1 Å². The summed E-state index contributed by atoms with van der Waals surface area (Å²) < 4.78 is 5.86. The van der Waals surface area contributed by atoms with Gasteiger partial charge in [-0.05, 0) is 37.1 Å². The van der Waals surface area contributed by atoms with Crippen molar-refractivity contribution in [1.29, 1.82) is 0 Å². The molecule has 0 fully saturated rings. The van der Waals surface area contributed by atoms with Crippen molar-refractivity contribution in [2.75, 3.05) is 12.4 Å². The first kappa shape index (κ1) is 12.4. The van der Waals surface area contributed by atoms with Crippen LogP contribution in [0.15, 0.2) is 36.4 Å². The molecule has 3 nitrogen and oxygen atoms in total. The monoisotopic (exact) mass is 242 g/mol. The Morgan fingerprint density at radius 2 is 1.72 bits per heavy atom. The Hall–Kier alpha value is -2.03. The summed E-state index contributed by atoms with van der Waals surface area (Å²) in [4.78, 5) is 4.43. The first-order valence-corrected chi connectivity index (χ1v) is 6.03. The maximum absolute atomic E-state index is 5.86. The molecule has 0 bridgehead atoms. The molecule has 94 valence electrons. The number of hydrogen-bond acceptors (Lipinski definition) is 3. The Morgan fingerprint density at radius 1 is 1.06 bits per heavy atom. The van der Waals surface area contributed by atoms with Crippen LogP contribution in [0.4, 0.5) is 5.82 Å². The minimum atomic E-state index is 0.487. The summed E-state index contributed by atoms with van der Waals surface area (Å²) in [5, 5.41) is 3.02. The lowest BCUT2D eigenvalue weighted by atomic mass is 10.1. The Balaban J connectivity index is 2.11. The molecule has 0 aliphatic carbocycles. The van der Waals surface area contributed by atoms with Gasteiger partial charge < -0.3 is 10.1 Å². The standard InChI is InChI=1S/C15H18N2O/c1-11-6-4-7-12(2)15(11)18-10-13-8-5-9-14(16-3)17-13/h4-9H,10H2,1-3H3,(H,16,17). The van der Waals surface area contributed by atoms with Gasteiger partial charge in [-0.3, -0.25) is 0 Å². The van der Waals surface area contributed by atoms with Crippen LogP contribution in [-0.4, -0.2) is 12.0 Å². The smallest absolute Gasteiger partial charge is 0.130 e. The fourth-order valence-corrected chi connectivity index (χ4v) is 1.87. The molecule has 1 N–H and O–H groups in total. The maximum atomic E-state index is 5.86. The molecule has 0 saturated carbocycles. The third-order valence-corrected chi connectivity index (χ3v) is 2.84. The summed E-state index contributed by atoms with van der Waals surface area (Å²) in [7, 11) is 1.86. The van der Waals surface area contributed by atoms with Crippen LogP contribution in [-0.2, 0) is 6.61 Å². The molecule has 3 heteroatoms. The second-order valence-electron chi connectivity index (χ2n) is 4.27. The summed E-state index contributed by atoms with van der Waals surface area (Å²) in [6.45, 7) is 4.60. The number of aromatic nitrogens is 1. The van der Waals surface area contributed by atoms with Crippen molar-refractivity contribution in [3.8, 4) is 5.75 Å². The Labute approximate surface area is 108 Å². The fourth-order valence-electron chi connectivity index (χ4n) is 1.87. The topological polar surface area (TPSA) is 34.1 Å². The van der Waals surface area contributed by atoms with Gasteiger partial charge in [0, 0.05) is 7.05 Å². The van der Waals surface area contributed by atoms with E-state index < -0.39 is 0 Å². The number of ether oxygens (including phenoxy) is 1. The van der Waals surface area contributed by atoms with E-state index >= 15 is 0 Å². The van der Waals surface area contributed by atoms with Gasteiger partial charge in [-0.15, -0.1) is 0 Å². The van der Waals surface area contributed by atoms with Crippen molar-refractivity contribution < 1.29 is 4.74 Å². The third kappa shape index (κ3) is 2.80. The van der Waals surface area contributed by atoms with Gasteiger partial charge in [0.05, 0.1) is 5.69 Å². The third-order valence-electron chi connectivity index (χ3n) is 2.84. The number of nitrogens with one attached hydrogen (secondary N) is 1. The highest BCUT2D eigenvalue weighted by Gasteiger charge is 2.04. The van der Waals surface area contributed by atoms with Crippen LogP contribution >= 0.6 is 0 Å². The van der Waals surface area contributed by atoms with Crippen LogP contribution in [0.3, 0.4) is 0 Å². The van der Waals surface area contributed by atoms with E-state index in [1.165, 1.54) is 0 Å². The maximum Gasteiger partial charge on any atom is 0.130 e. The zero-order valence-corrected chi connectivity index (χ0v) is 11.0. The number of nitrogens with zero attached hydrogens (tertiary/aromatic N) is 1. The van der Waals surface area contributed by atoms with Crippen molar-refractivity contribution in [2.45, 2.75) is 20.5 Å². The zero-order valence-electron chi connectivity index (χ0n) is 11.0. The highest BCUT2D eigenvalue weighted by Crippen LogP contribution is 2.23. The molecule has 0 amide bonds. The van der Waals surface area contributed by atoms with Crippen LogP contribution in [0.2, 0.25) is 0 Å². The van der Waals surface area contributed by atoms with Gasteiger partial charge in [0.25, 0.3) is 0 Å². The van der Waals surface area contributed by atoms with E-state index in [4.69, 9.17) is 4.74 Å². The molecule has 2 rings (SSSR count). The summed E-state index contributed by atoms with van der Waals surface area (Å²) in [6.07, 6.45) is 0. The number of rotatable bonds is 4. The van der Waals surface area contributed by atoms with Crippen molar-refractivity contribution in [2.24, 2.45) is 0 Å². The van der Waals surface area contributed by atoms with E-state index in [-0.39, 0.29) is 0 Å². The van der Waals surface area contributed by atoms with Gasteiger partial charge in [-0.2, -0.15) is 0 Å². The molecule has 18 heavy (non-hydrogen) atoms. The molecule has 0 radical (unpaired) electrons. The minimum absolute atomic E-state index is 0.487. The van der Waals surface area contributed by atoms with Gasteiger partial charge in [0.1, 0.15) is 18.2 Å². The molecule has 0 aliphatic rings. The second-order valence-corrected chi connectivity index (χ2v) is 4.27. The molecule has 0 spiro atoms. The normalized spacial score (nSPS) is 10.2. The van der Waals surface area contributed by atoms with Crippen molar-refractivity contribution >= 4 is 5.82 Å². The van der Waals surface area contributed by atoms with E-state index in [9.17, 15) is 0 Å². The number of anilines is 1. The van der Waals surface area contributed by atoms with Crippen LogP contribution in [0, 0.1) is 13.8 Å². The lowest BCUT2D eigenvalue weighted by Gasteiger charge is -2.11. The van der Waals surface area contributed by atoms with E-state index in [0.29, 0.717) is 6.61 Å². The van der Waals surface area contributed by atoms with E-state index in [0.717, 1.165) is 28.4 Å². The number of pyridine rings is 1. The van der Waals surface area contributed by atoms with Crippen molar-refractivity contribution in [3.05, 3.63) is 53.2 Å². The van der Waals surface area contributed by atoms with Crippen LogP contribution in [0.1, 0.15) is 16.8 Å². The highest BCUT2D eigenvalue weighted by atomic mass is 16.5. The molecule has 0 unspecified atom stereocenters. The lowest BCUT2D eigenvalue weighted by Crippen LogP contribution is -2.02. The largest absolute Gasteiger partial charge is 0.487 e. The molecule has 0 atom stereocenters. The molecule has 2 aromatic rings. The quantitative estimate of drug-likeness (QED) is 0.893. The molecular formula is C15H18N2O. The van der Waals surface area contributed by atoms with Crippen molar-refractivity contribution in [3.63, 3.8) is 0 Å². The zero-order chi connectivity index (χ0) is 13.0. The predicted octanol–water partition coefficient (Wildman–Crippen LogP) is 3.32.